The van der Waals surface area contributed by atoms with Crippen LogP contribution in [0.3, 0.4) is 0 Å². The zero-order chi connectivity index (χ0) is 47.2. The lowest BCUT2D eigenvalue weighted by atomic mass is 10.0. The summed E-state index contributed by atoms with van der Waals surface area (Å²) >= 11 is 0. The molecule has 65 heavy (non-hydrogen) atoms. The van der Waals surface area contributed by atoms with Gasteiger partial charge in [0.05, 0.1) is 0 Å². The van der Waals surface area contributed by atoms with E-state index in [0.29, 0.717) is 19.3 Å². The van der Waals surface area contributed by atoms with Crippen LogP contribution in [0.4, 0.5) is 0 Å². The second kappa shape index (κ2) is 54.5. The molecule has 1 atom stereocenters. The van der Waals surface area contributed by atoms with Gasteiger partial charge in [0, 0.05) is 19.3 Å². The van der Waals surface area contributed by atoms with E-state index >= 15 is 0 Å². The lowest BCUT2D eigenvalue weighted by Crippen LogP contribution is -2.30. The lowest BCUT2D eigenvalue weighted by molar-refractivity contribution is -0.167. The molecule has 1 unspecified atom stereocenters. The predicted molar refractivity (Wildman–Crippen MR) is 279 cm³/mol. The van der Waals surface area contributed by atoms with Gasteiger partial charge in [-0.2, -0.15) is 0 Å². The Hall–Kier alpha value is -2.11. The Morgan fingerprint density at radius 1 is 0.308 bits per heavy atom. The molecular formula is C59H110O6. The average Bonchev–Trinajstić information content (AvgIpc) is 3.30. The molecular weight excluding hydrogens is 805 g/mol. The monoisotopic (exact) mass is 915 g/mol. The highest BCUT2D eigenvalue weighted by atomic mass is 16.6. The zero-order valence-corrected chi connectivity index (χ0v) is 43.8. The highest BCUT2D eigenvalue weighted by Gasteiger charge is 2.19. The van der Waals surface area contributed by atoms with E-state index in [0.717, 1.165) is 64.2 Å². The number of unbranched alkanes of at least 4 members (excludes halogenated alkanes) is 38. The second-order valence-electron chi connectivity index (χ2n) is 19.6. The standard InChI is InChI=1S/C59H110O6/c1-4-7-10-13-16-17-18-19-20-21-22-23-24-25-26-27-28-29-30-31-32-33-34-35-36-37-38-39-40-41-42-43-44-47-49-52-58(61)64-55-56(65-59(62)53-50-46-15-12-9-6-3)54-63-57(60)51-48-45-14-11-8-5-2/h18-19,21-22,56H,4-17,20,23-55H2,1-3H3/b19-18-,22-21-. The van der Waals surface area contributed by atoms with Crippen LogP contribution in [0.2, 0.25) is 0 Å². The highest BCUT2D eigenvalue weighted by molar-refractivity contribution is 5.71. The summed E-state index contributed by atoms with van der Waals surface area (Å²) in [5.74, 6) is -0.874. The summed E-state index contributed by atoms with van der Waals surface area (Å²) < 4.78 is 16.6. The third-order valence-electron chi connectivity index (χ3n) is 13.0. The van der Waals surface area contributed by atoms with Crippen molar-refractivity contribution in [1.29, 1.82) is 0 Å². The first-order chi connectivity index (χ1) is 32.0. The second-order valence-corrected chi connectivity index (χ2v) is 19.6. The van der Waals surface area contributed by atoms with E-state index in [1.807, 2.05) is 0 Å². The topological polar surface area (TPSA) is 78.9 Å². The van der Waals surface area contributed by atoms with Gasteiger partial charge in [-0.15, -0.1) is 0 Å². The van der Waals surface area contributed by atoms with E-state index in [4.69, 9.17) is 14.2 Å². The molecule has 0 aliphatic rings. The highest BCUT2D eigenvalue weighted by Crippen LogP contribution is 2.17. The van der Waals surface area contributed by atoms with Crippen LogP contribution in [-0.4, -0.2) is 37.2 Å². The van der Waals surface area contributed by atoms with Crippen LogP contribution in [-0.2, 0) is 28.6 Å². The van der Waals surface area contributed by atoms with Gasteiger partial charge in [0.2, 0.25) is 0 Å². The van der Waals surface area contributed by atoms with E-state index in [2.05, 4.69) is 45.1 Å². The van der Waals surface area contributed by atoms with Gasteiger partial charge in [-0.3, -0.25) is 14.4 Å². The third kappa shape index (κ3) is 52.7. The molecule has 0 rings (SSSR count). The van der Waals surface area contributed by atoms with Crippen molar-refractivity contribution in [2.45, 2.75) is 322 Å². The zero-order valence-electron chi connectivity index (χ0n) is 43.8. The molecule has 0 saturated carbocycles. The van der Waals surface area contributed by atoms with Gasteiger partial charge in [0.15, 0.2) is 6.10 Å². The minimum Gasteiger partial charge on any atom is -0.462 e. The molecule has 0 aliphatic carbocycles. The summed E-state index contributed by atoms with van der Waals surface area (Å²) in [6.45, 7) is 6.53. The Bertz CT molecular complexity index is 1050. The van der Waals surface area contributed by atoms with Gasteiger partial charge in [0.1, 0.15) is 13.2 Å². The number of rotatable bonds is 53. The maximum atomic E-state index is 12.6. The molecule has 0 radical (unpaired) electrons. The van der Waals surface area contributed by atoms with Crippen molar-refractivity contribution < 1.29 is 28.6 Å². The van der Waals surface area contributed by atoms with E-state index in [9.17, 15) is 14.4 Å². The molecule has 0 spiro atoms. The van der Waals surface area contributed by atoms with Crippen molar-refractivity contribution >= 4 is 17.9 Å². The molecule has 0 amide bonds. The van der Waals surface area contributed by atoms with Crippen LogP contribution >= 0.6 is 0 Å². The number of carbonyl (C=O) groups excluding carboxylic acids is 3. The van der Waals surface area contributed by atoms with Crippen molar-refractivity contribution in [3.05, 3.63) is 24.3 Å². The van der Waals surface area contributed by atoms with E-state index in [1.54, 1.807) is 0 Å². The van der Waals surface area contributed by atoms with Crippen molar-refractivity contribution in [1.82, 2.24) is 0 Å². The number of hydrogen-bond acceptors (Lipinski definition) is 6. The molecule has 0 fully saturated rings. The third-order valence-corrected chi connectivity index (χ3v) is 13.0. The largest absolute Gasteiger partial charge is 0.462 e. The predicted octanol–water partition coefficient (Wildman–Crippen LogP) is 19.1. The molecule has 382 valence electrons. The maximum absolute atomic E-state index is 12.6. The summed E-state index contributed by atoms with van der Waals surface area (Å²) in [4.78, 5) is 37.4. The summed E-state index contributed by atoms with van der Waals surface area (Å²) in [5.41, 5.74) is 0. The van der Waals surface area contributed by atoms with Crippen LogP contribution in [0.5, 0.6) is 0 Å². The van der Waals surface area contributed by atoms with Crippen molar-refractivity contribution in [2.75, 3.05) is 13.2 Å². The lowest BCUT2D eigenvalue weighted by Gasteiger charge is -2.18. The Labute approximate surface area is 404 Å². The molecule has 0 aromatic rings. The van der Waals surface area contributed by atoms with E-state index < -0.39 is 6.10 Å². The maximum Gasteiger partial charge on any atom is 0.306 e. The number of carbonyl (C=O) groups is 3. The Morgan fingerprint density at radius 3 is 0.846 bits per heavy atom. The molecule has 0 aromatic carbocycles. The van der Waals surface area contributed by atoms with Gasteiger partial charge in [0.25, 0.3) is 0 Å². The summed E-state index contributed by atoms with van der Waals surface area (Å²) in [6, 6.07) is 0. The van der Waals surface area contributed by atoms with Gasteiger partial charge >= 0.3 is 17.9 Å². The molecule has 0 aliphatic heterocycles. The first kappa shape index (κ1) is 62.9. The van der Waals surface area contributed by atoms with Crippen LogP contribution in [0.25, 0.3) is 0 Å². The smallest absolute Gasteiger partial charge is 0.306 e. The van der Waals surface area contributed by atoms with Crippen LogP contribution < -0.4 is 0 Å². The van der Waals surface area contributed by atoms with Crippen LogP contribution in [0.15, 0.2) is 24.3 Å². The Kier molecular flexibility index (Phi) is 52.7. The van der Waals surface area contributed by atoms with Crippen molar-refractivity contribution in [2.24, 2.45) is 0 Å². The molecule has 0 aromatic heterocycles. The molecule has 6 nitrogen and oxygen atoms in total. The fourth-order valence-corrected chi connectivity index (χ4v) is 8.59. The van der Waals surface area contributed by atoms with Crippen molar-refractivity contribution in [3.8, 4) is 0 Å². The van der Waals surface area contributed by atoms with Gasteiger partial charge in [-0.05, 0) is 51.4 Å². The number of ether oxygens (including phenoxy) is 3. The number of allylic oxidation sites excluding steroid dienone is 4. The number of esters is 3. The fourth-order valence-electron chi connectivity index (χ4n) is 8.59. The summed E-state index contributed by atoms with van der Waals surface area (Å²) in [6.07, 6.45) is 64.2. The Morgan fingerprint density at radius 2 is 0.554 bits per heavy atom. The average molecular weight is 916 g/mol. The van der Waals surface area contributed by atoms with E-state index in [1.165, 1.54) is 212 Å². The molecule has 6 heteroatoms. The van der Waals surface area contributed by atoms with Crippen LogP contribution in [0, 0.1) is 0 Å². The minimum atomic E-state index is -0.758. The summed E-state index contributed by atoms with van der Waals surface area (Å²) in [5, 5.41) is 0. The van der Waals surface area contributed by atoms with E-state index in [-0.39, 0.29) is 31.1 Å². The van der Waals surface area contributed by atoms with Gasteiger partial charge in [-0.1, -0.05) is 270 Å². The first-order valence-corrected chi connectivity index (χ1v) is 28.8. The first-order valence-electron chi connectivity index (χ1n) is 28.8. The fraction of sp³-hybridized carbons (Fsp3) is 0.881. The quantitative estimate of drug-likeness (QED) is 0.0262. The SMILES string of the molecule is CCCCCCC/C=C\C/C=C\CCCCCCCCCCCCCCCCCCCCCCCCCC(=O)OCC(COC(=O)CCCCCCCC)OC(=O)CCCCCCCC. The van der Waals surface area contributed by atoms with Gasteiger partial charge in [-0.25, -0.2) is 0 Å². The van der Waals surface area contributed by atoms with Crippen LogP contribution in [0.1, 0.15) is 316 Å². The molecule has 0 heterocycles. The van der Waals surface area contributed by atoms with Crippen molar-refractivity contribution in [3.63, 3.8) is 0 Å². The molecule has 0 saturated heterocycles. The normalized spacial score (nSPS) is 12.1. The number of hydrogen-bond donors (Lipinski definition) is 0. The summed E-state index contributed by atoms with van der Waals surface area (Å²) in [7, 11) is 0. The Balaban J connectivity index is 3.71. The minimum absolute atomic E-state index is 0.0665. The molecule has 0 N–H and O–H groups in total. The van der Waals surface area contributed by atoms with Gasteiger partial charge < -0.3 is 14.2 Å². The molecule has 0 bridgehead atoms.